The predicted octanol–water partition coefficient (Wildman–Crippen LogP) is 2.70. The maximum Gasteiger partial charge on any atom is 0.168 e. The first kappa shape index (κ1) is 14.8. The van der Waals surface area contributed by atoms with E-state index >= 15 is 0 Å². The van der Waals surface area contributed by atoms with Crippen LogP contribution in [0.1, 0.15) is 53.9 Å². The zero-order chi connectivity index (χ0) is 11.9. The highest BCUT2D eigenvalue weighted by molar-refractivity contribution is 6.32. The van der Waals surface area contributed by atoms with Gasteiger partial charge in [-0.05, 0) is 17.4 Å². The van der Waals surface area contributed by atoms with Crippen LogP contribution in [0.5, 0.6) is 0 Å². The van der Waals surface area contributed by atoms with Crippen LogP contribution in [0.4, 0.5) is 0 Å². The van der Waals surface area contributed by atoms with Gasteiger partial charge >= 0.3 is 0 Å². The summed E-state index contributed by atoms with van der Waals surface area (Å²) in [5.74, 6) is 0.902. The molecule has 0 aliphatic rings. The summed E-state index contributed by atoms with van der Waals surface area (Å²) in [7, 11) is -0.595. The van der Waals surface area contributed by atoms with E-state index < -0.39 is 9.76 Å². The summed E-state index contributed by atoms with van der Waals surface area (Å²) in [6.45, 7) is 11.4. The van der Waals surface area contributed by atoms with Crippen molar-refractivity contribution in [1.29, 1.82) is 0 Å². The lowest BCUT2D eigenvalue weighted by molar-refractivity contribution is -0.121. The van der Waals surface area contributed by atoms with E-state index in [0.29, 0.717) is 24.0 Å². The van der Waals surface area contributed by atoms with Gasteiger partial charge in [-0.15, -0.1) is 0 Å². The standard InChI is InChI=1S/C12H26O2Si/c1-6-7-8-11(13)9-14-15-12(4,5)10(2)3/h10H,6-9,15H2,1-5H3. The number of Topliss-reactive ketones (excluding diaryl/α,β-unsaturated/α-hetero) is 1. The minimum atomic E-state index is -0.595. The van der Waals surface area contributed by atoms with Crippen LogP contribution in [-0.4, -0.2) is 22.2 Å². The average molecular weight is 230 g/mol. The summed E-state index contributed by atoms with van der Waals surface area (Å²) in [6.07, 6.45) is 2.77. The monoisotopic (exact) mass is 230 g/mol. The van der Waals surface area contributed by atoms with Gasteiger partial charge in [0.05, 0.1) is 6.61 Å². The van der Waals surface area contributed by atoms with E-state index in [2.05, 4.69) is 34.6 Å². The highest BCUT2D eigenvalue weighted by atomic mass is 28.2. The van der Waals surface area contributed by atoms with Crippen molar-refractivity contribution in [3.05, 3.63) is 0 Å². The van der Waals surface area contributed by atoms with Gasteiger partial charge in [0.2, 0.25) is 0 Å². The highest BCUT2D eigenvalue weighted by Gasteiger charge is 2.23. The summed E-state index contributed by atoms with van der Waals surface area (Å²) in [6, 6.07) is 0. The summed E-state index contributed by atoms with van der Waals surface area (Å²) in [5.41, 5.74) is 0. The molecule has 2 nitrogen and oxygen atoms in total. The molecule has 0 atom stereocenters. The van der Waals surface area contributed by atoms with Gasteiger partial charge in [0.25, 0.3) is 0 Å². The molecule has 0 bridgehead atoms. The predicted molar refractivity (Wildman–Crippen MR) is 67.9 cm³/mol. The lowest BCUT2D eigenvalue weighted by Crippen LogP contribution is -2.24. The van der Waals surface area contributed by atoms with Crippen molar-refractivity contribution in [3.63, 3.8) is 0 Å². The first-order chi connectivity index (χ1) is 6.90. The molecule has 0 N–H and O–H groups in total. The second-order valence-electron chi connectivity index (χ2n) is 5.28. The maximum absolute atomic E-state index is 11.4. The minimum absolute atomic E-state index is 0.268. The maximum atomic E-state index is 11.4. The molecule has 3 heteroatoms. The van der Waals surface area contributed by atoms with Gasteiger partial charge in [0.1, 0.15) is 0 Å². The SMILES string of the molecule is CCCCC(=O)CO[SiH2]C(C)(C)C(C)C. The van der Waals surface area contributed by atoms with Gasteiger partial charge in [-0.25, -0.2) is 0 Å². The van der Waals surface area contributed by atoms with Gasteiger partial charge in [-0.2, -0.15) is 0 Å². The van der Waals surface area contributed by atoms with E-state index in [0.717, 1.165) is 12.8 Å². The molecule has 0 heterocycles. The molecule has 15 heavy (non-hydrogen) atoms. The molecule has 0 spiro atoms. The Balaban J connectivity index is 3.65. The number of unbranched alkanes of at least 4 members (excludes halogenated alkanes) is 1. The normalized spacial score (nSPS) is 12.9. The molecule has 0 saturated heterocycles. The van der Waals surface area contributed by atoms with Crippen LogP contribution in [0, 0.1) is 5.92 Å². The molecule has 0 aromatic rings. The molecule has 90 valence electrons. The number of hydrogen-bond acceptors (Lipinski definition) is 2. The molecule has 0 saturated carbocycles. The minimum Gasteiger partial charge on any atom is -0.416 e. The van der Waals surface area contributed by atoms with Crippen LogP contribution < -0.4 is 0 Å². The Bertz CT molecular complexity index is 188. The van der Waals surface area contributed by atoms with Crippen LogP contribution >= 0.6 is 0 Å². The van der Waals surface area contributed by atoms with Crippen LogP contribution in [-0.2, 0) is 9.22 Å². The van der Waals surface area contributed by atoms with Crippen molar-refractivity contribution in [2.75, 3.05) is 6.61 Å². The second kappa shape index (κ2) is 7.18. The fraction of sp³-hybridized carbons (Fsp3) is 0.917. The Hall–Kier alpha value is -0.153. The molecule has 0 aromatic heterocycles. The third kappa shape index (κ3) is 6.85. The molecule has 0 aliphatic carbocycles. The van der Waals surface area contributed by atoms with Crippen LogP contribution in [0.3, 0.4) is 0 Å². The smallest absolute Gasteiger partial charge is 0.168 e. The van der Waals surface area contributed by atoms with E-state index in [1.807, 2.05) is 0 Å². The van der Waals surface area contributed by atoms with Gasteiger partial charge in [0.15, 0.2) is 15.5 Å². The van der Waals surface area contributed by atoms with E-state index in [9.17, 15) is 4.79 Å². The van der Waals surface area contributed by atoms with Crippen molar-refractivity contribution in [3.8, 4) is 0 Å². The topological polar surface area (TPSA) is 26.3 Å². The third-order valence-electron chi connectivity index (χ3n) is 3.11. The van der Waals surface area contributed by atoms with E-state index in [1.54, 1.807) is 0 Å². The van der Waals surface area contributed by atoms with E-state index in [1.165, 1.54) is 0 Å². The van der Waals surface area contributed by atoms with Gasteiger partial charge in [-0.3, -0.25) is 4.79 Å². The molecule has 0 aliphatic heterocycles. The molecule has 0 unspecified atom stereocenters. The lowest BCUT2D eigenvalue weighted by Gasteiger charge is -2.27. The summed E-state index contributed by atoms with van der Waals surface area (Å²) < 4.78 is 5.61. The van der Waals surface area contributed by atoms with Crippen molar-refractivity contribution in [1.82, 2.24) is 0 Å². The molecule has 0 radical (unpaired) electrons. The molecular formula is C12H26O2Si. The number of carbonyl (C=O) groups is 1. The van der Waals surface area contributed by atoms with Gasteiger partial charge in [-0.1, -0.05) is 41.0 Å². The first-order valence-corrected chi connectivity index (χ1v) is 7.28. The van der Waals surface area contributed by atoms with Crippen molar-refractivity contribution >= 4 is 15.5 Å². The van der Waals surface area contributed by atoms with Crippen molar-refractivity contribution in [2.45, 2.75) is 58.9 Å². The zero-order valence-corrected chi connectivity index (χ0v) is 12.3. The fourth-order valence-electron chi connectivity index (χ4n) is 1.04. The Morgan fingerprint density at radius 3 is 2.47 bits per heavy atom. The Morgan fingerprint density at radius 2 is 2.00 bits per heavy atom. The number of hydrogen-bond donors (Lipinski definition) is 0. The molecule has 0 amide bonds. The van der Waals surface area contributed by atoms with E-state index in [4.69, 9.17) is 4.43 Å². The zero-order valence-electron chi connectivity index (χ0n) is 10.9. The van der Waals surface area contributed by atoms with Crippen LogP contribution in [0.25, 0.3) is 0 Å². The van der Waals surface area contributed by atoms with E-state index in [-0.39, 0.29) is 5.78 Å². The molecular weight excluding hydrogens is 204 g/mol. The largest absolute Gasteiger partial charge is 0.416 e. The number of ketones is 1. The Kier molecular flexibility index (Phi) is 7.10. The average Bonchev–Trinajstić information content (AvgIpc) is 2.14. The highest BCUT2D eigenvalue weighted by Crippen LogP contribution is 2.32. The number of carbonyl (C=O) groups excluding carboxylic acids is 1. The number of rotatable bonds is 8. The van der Waals surface area contributed by atoms with Crippen molar-refractivity contribution in [2.24, 2.45) is 5.92 Å². The Morgan fingerprint density at radius 1 is 1.40 bits per heavy atom. The summed E-state index contributed by atoms with van der Waals surface area (Å²) in [5, 5.41) is 0.297. The molecule has 0 aromatic carbocycles. The van der Waals surface area contributed by atoms with Gasteiger partial charge < -0.3 is 4.43 Å². The molecule has 0 fully saturated rings. The van der Waals surface area contributed by atoms with Crippen LogP contribution in [0.2, 0.25) is 5.04 Å². The fourth-order valence-corrected chi connectivity index (χ4v) is 2.23. The second-order valence-corrected chi connectivity index (χ2v) is 7.80. The first-order valence-electron chi connectivity index (χ1n) is 5.99. The quantitative estimate of drug-likeness (QED) is 0.599. The lowest BCUT2D eigenvalue weighted by atomic mass is 9.99. The van der Waals surface area contributed by atoms with Crippen LogP contribution in [0.15, 0.2) is 0 Å². The summed E-state index contributed by atoms with van der Waals surface area (Å²) >= 11 is 0. The van der Waals surface area contributed by atoms with Crippen molar-refractivity contribution < 1.29 is 9.22 Å². The Labute approximate surface area is 96.7 Å². The third-order valence-corrected chi connectivity index (χ3v) is 5.08. The molecule has 0 rings (SSSR count). The summed E-state index contributed by atoms with van der Waals surface area (Å²) in [4.78, 5) is 11.4. The van der Waals surface area contributed by atoms with Gasteiger partial charge in [0, 0.05) is 6.42 Å².